The number of hydrogen-bond donors (Lipinski definition) is 3. The maximum atomic E-state index is 13.0. The molecule has 5 rings (SSSR count). The zero-order valence-corrected chi connectivity index (χ0v) is 18.8. The normalized spacial score (nSPS) is 22.8. The Morgan fingerprint density at radius 2 is 2.03 bits per heavy atom. The van der Waals surface area contributed by atoms with Crippen LogP contribution in [0.5, 0.6) is 5.75 Å². The number of nitrogens with zero attached hydrogens (tertiary/aromatic N) is 1. The number of hydrogen-bond acceptors (Lipinski definition) is 3. The van der Waals surface area contributed by atoms with E-state index < -0.39 is 0 Å². The van der Waals surface area contributed by atoms with Gasteiger partial charge in [-0.1, -0.05) is 42.5 Å². The second-order valence-electron chi connectivity index (χ2n) is 9.55. The van der Waals surface area contributed by atoms with Crippen LogP contribution in [0.3, 0.4) is 0 Å². The molecule has 1 aliphatic heterocycles. The van der Waals surface area contributed by atoms with Crippen molar-refractivity contribution in [2.75, 3.05) is 20.1 Å². The van der Waals surface area contributed by atoms with Crippen LogP contribution in [0.1, 0.15) is 44.9 Å². The molecule has 1 amide bonds. The van der Waals surface area contributed by atoms with Crippen LogP contribution in [0.25, 0.3) is 0 Å². The van der Waals surface area contributed by atoms with E-state index in [1.165, 1.54) is 16.8 Å². The molecular formula is C27H31N3O2. The number of phenols is 1. The molecule has 2 aliphatic rings. The minimum atomic E-state index is -0.0488. The predicted molar refractivity (Wildman–Crippen MR) is 126 cm³/mol. The van der Waals surface area contributed by atoms with Gasteiger partial charge in [-0.25, -0.2) is 0 Å². The van der Waals surface area contributed by atoms with Gasteiger partial charge in [-0.3, -0.25) is 4.79 Å². The van der Waals surface area contributed by atoms with E-state index >= 15 is 0 Å². The fraction of sp³-hybridized carbons (Fsp3) is 0.370. The van der Waals surface area contributed by atoms with Crippen LogP contribution in [-0.4, -0.2) is 41.0 Å². The van der Waals surface area contributed by atoms with Crippen molar-refractivity contribution in [3.63, 3.8) is 0 Å². The molecule has 2 unspecified atom stereocenters. The molecule has 32 heavy (non-hydrogen) atoms. The van der Waals surface area contributed by atoms with E-state index in [0.29, 0.717) is 23.9 Å². The zero-order chi connectivity index (χ0) is 22.3. The van der Waals surface area contributed by atoms with Crippen LogP contribution in [0.2, 0.25) is 0 Å². The summed E-state index contributed by atoms with van der Waals surface area (Å²) < 4.78 is 0. The molecule has 5 heteroatoms. The highest BCUT2D eigenvalue weighted by molar-refractivity contribution is 5.94. The summed E-state index contributed by atoms with van der Waals surface area (Å²) in [5.74, 6) is 0.724. The molecule has 2 atom stereocenters. The van der Waals surface area contributed by atoms with Crippen molar-refractivity contribution >= 4 is 5.91 Å². The molecule has 1 aliphatic carbocycles. The third kappa shape index (κ3) is 3.61. The number of carbonyl (C=O) groups is 1. The molecule has 5 nitrogen and oxygen atoms in total. The lowest BCUT2D eigenvalue weighted by Gasteiger charge is -2.50. The third-order valence-electron chi connectivity index (χ3n) is 7.61. The lowest BCUT2D eigenvalue weighted by molar-refractivity contribution is 0.0944. The molecule has 1 saturated heterocycles. The molecule has 1 fully saturated rings. The molecule has 0 spiro atoms. The lowest BCUT2D eigenvalue weighted by Crippen LogP contribution is -2.52. The van der Waals surface area contributed by atoms with Gasteiger partial charge in [0.1, 0.15) is 11.4 Å². The van der Waals surface area contributed by atoms with Gasteiger partial charge < -0.3 is 20.3 Å². The maximum absolute atomic E-state index is 13.0. The highest BCUT2D eigenvalue weighted by atomic mass is 16.3. The average Bonchev–Trinajstić information content (AvgIpc) is 3.12. The summed E-state index contributed by atoms with van der Waals surface area (Å²) in [6.07, 6.45) is 2.87. The van der Waals surface area contributed by atoms with E-state index in [1.54, 1.807) is 6.07 Å². The van der Waals surface area contributed by atoms with Gasteiger partial charge in [0.05, 0.1) is 0 Å². The Bertz CT molecular complexity index is 1140. The number of amides is 1. The van der Waals surface area contributed by atoms with Crippen LogP contribution in [0.15, 0.2) is 54.6 Å². The van der Waals surface area contributed by atoms with Gasteiger partial charge in [0.25, 0.3) is 5.91 Å². The maximum Gasteiger partial charge on any atom is 0.268 e. The summed E-state index contributed by atoms with van der Waals surface area (Å²) in [5, 5.41) is 13.3. The van der Waals surface area contributed by atoms with E-state index in [0.717, 1.165) is 43.5 Å². The molecule has 3 aromatic rings. The van der Waals surface area contributed by atoms with Gasteiger partial charge in [-0.05, 0) is 80.1 Å². The fourth-order valence-corrected chi connectivity index (χ4v) is 5.81. The summed E-state index contributed by atoms with van der Waals surface area (Å²) in [4.78, 5) is 18.9. The predicted octanol–water partition coefficient (Wildman–Crippen LogP) is 3.95. The molecule has 3 N–H and O–H groups in total. The number of carbonyl (C=O) groups excluding carboxylic acids is 1. The van der Waals surface area contributed by atoms with Crippen molar-refractivity contribution in [2.24, 2.45) is 5.92 Å². The number of aromatic nitrogens is 1. The molecule has 0 saturated carbocycles. The molecule has 0 bridgehead atoms. The Morgan fingerprint density at radius 3 is 2.81 bits per heavy atom. The van der Waals surface area contributed by atoms with Gasteiger partial charge in [0.2, 0.25) is 0 Å². The molecular weight excluding hydrogens is 398 g/mol. The monoisotopic (exact) mass is 429 g/mol. The molecule has 166 valence electrons. The first-order chi connectivity index (χ1) is 15.5. The molecule has 0 radical (unpaired) electrons. The van der Waals surface area contributed by atoms with E-state index in [1.807, 2.05) is 42.5 Å². The van der Waals surface area contributed by atoms with Crippen LogP contribution in [-0.2, 0) is 24.8 Å². The quantitative estimate of drug-likeness (QED) is 0.588. The van der Waals surface area contributed by atoms with Gasteiger partial charge >= 0.3 is 0 Å². The van der Waals surface area contributed by atoms with E-state index in [4.69, 9.17) is 0 Å². The highest BCUT2D eigenvalue weighted by Gasteiger charge is 2.48. The van der Waals surface area contributed by atoms with Crippen molar-refractivity contribution in [1.82, 2.24) is 15.2 Å². The number of rotatable bonds is 4. The smallest absolute Gasteiger partial charge is 0.268 e. The average molecular weight is 430 g/mol. The summed E-state index contributed by atoms with van der Waals surface area (Å²) >= 11 is 0. The van der Waals surface area contributed by atoms with E-state index in [-0.39, 0.29) is 11.3 Å². The second-order valence-corrected chi connectivity index (χ2v) is 9.55. The summed E-state index contributed by atoms with van der Waals surface area (Å²) in [6.45, 7) is 4.64. The second kappa shape index (κ2) is 8.14. The Balaban J connectivity index is 1.46. The third-order valence-corrected chi connectivity index (χ3v) is 7.61. The van der Waals surface area contributed by atoms with Gasteiger partial charge in [-0.2, -0.15) is 0 Å². The molecule has 1 aromatic heterocycles. The Hall–Kier alpha value is -3.05. The first kappa shape index (κ1) is 20.8. The SMILES string of the molecule is Cc1c(C(=O)NCc2ccccc2)[nH]c2c1CC1CN(C)CCC1(c1cccc(O)c1)C2. The number of piperidine rings is 1. The molecule has 2 aromatic carbocycles. The van der Waals surface area contributed by atoms with Crippen LogP contribution < -0.4 is 5.32 Å². The minimum Gasteiger partial charge on any atom is -0.508 e. The summed E-state index contributed by atoms with van der Waals surface area (Å²) in [6, 6.07) is 17.8. The lowest BCUT2D eigenvalue weighted by atomic mass is 9.58. The Labute approximate surface area is 189 Å². The number of phenolic OH excluding ortho intramolecular Hbond substituents is 1. The number of aromatic amines is 1. The topological polar surface area (TPSA) is 68.4 Å². The van der Waals surface area contributed by atoms with Crippen molar-refractivity contribution in [2.45, 2.75) is 38.1 Å². The first-order valence-corrected chi connectivity index (χ1v) is 11.5. The molecule has 2 heterocycles. The Morgan fingerprint density at radius 1 is 1.22 bits per heavy atom. The van der Waals surface area contributed by atoms with Crippen LogP contribution in [0.4, 0.5) is 0 Å². The minimum absolute atomic E-state index is 0.0205. The first-order valence-electron chi connectivity index (χ1n) is 11.5. The fourth-order valence-electron chi connectivity index (χ4n) is 5.81. The Kier molecular flexibility index (Phi) is 5.30. The van der Waals surface area contributed by atoms with Crippen molar-refractivity contribution in [1.29, 1.82) is 0 Å². The van der Waals surface area contributed by atoms with Gasteiger partial charge in [0.15, 0.2) is 0 Å². The van der Waals surface area contributed by atoms with Crippen LogP contribution in [0, 0.1) is 12.8 Å². The highest BCUT2D eigenvalue weighted by Crippen LogP contribution is 2.48. The summed E-state index contributed by atoms with van der Waals surface area (Å²) in [5.41, 5.74) is 6.51. The number of H-pyrrole nitrogens is 1. The number of likely N-dealkylation sites (tertiary alicyclic amines) is 1. The van der Waals surface area contributed by atoms with Gasteiger partial charge in [0, 0.05) is 24.2 Å². The van der Waals surface area contributed by atoms with E-state index in [9.17, 15) is 9.90 Å². The largest absolute Gasteiger partial charge is 0.508 e. The van der Waals surface area contributed by atoms with Crippen molar-refractivity contribution in [3.05, 3.63) is 88.2 Å². The number of fused-ring (bicyclic) bond motifs is 2. The zero-order valence-electron chi connectivity index (χ0n) is 18.8. The van der Waals surface area contributed by atoms with Crippen LogP contribution >= 0.6 is 0 Å². The van der Waals surface area contributed by atoms with Crippen molar-refractivity contribution < 1.29 is 9.90 Å². The number of benzene rings is 2. The van der Waals surface area contributed by atoms with Gasteiger partial charge in [-0.15, -0.1) is 0 Å². The summed E-state index contributed by atoms with van der Waals surface area (Å²) in [7, 11) is 2.19. The number of nitrogens with one attached hydrogen (secondary N) is 2. The standard InChI is InChI=1S/C27H31N3O2/c1-18-23-14-21-17-30(2)12-11-27(21,20-9-6-10-22(31)13-20)15-24(23)29-25(18)26(32)28-16-19-7-4-3-5-8-19/h3-10,13,21,29,31H,11-12,14-17H2,1-2H3,(H,28,32). The van der Waals surface area contributed by atoms with Crippen molar-refractivity contribution in [3.8, 4) is 5.75 Å². The number of aromatic hydroxyl groups is 1. The van der Waals surface area contributed by atoms with E-state index in [2.05, 4.69) is 35.2 Å².